The van der Waals surface area contributed by atoms with Gasteiger partial charge in [-0.25, -0.2) is 0 Å². The number of aromatic amines is 1. The molecule has 0 saturated carbocycles. The number of carbonyl (C=O) groups excluding carboxylic acids is 1. The highest BCUT2D eigenvalue weighted by molar-refractivity contribution is 6.01. The number of aromatic nitrogens is 5. The molecular formula is C15H19N7O2. The van der Waals surface area contributed by atoms with Crippen LogP contribution in [0, 0.1) is 0 Å². The number of hydrogen-bond donors (Lipinski definition) is 3. The number of nitrogens with one attached hydrogen (secondary N) is 2. The third kappa shape index (κ3) is 3.76. The van der Waals surface area contributed by atoms with Gasteiger partial charge in [-0.1, -0.05) is 0 Å². The monoisotopic (exact) mass is 329 g/mol. The van der Waals surface area contributed by atoms with Crippen molar-refractivity contribution in [3.63, 3.8) is 0 Å². The maximum Gasteiger partial charge on any atom is 0.226 e. The van der Waals surface area contributed by atoms with Crippen LogP contribution in [0.3, 0.4) is 0 Å². The Balaban J connectivity index is 1.71. The Morgan fingerprint density at radius 2 is 2.12 bits per heavy atom. The summed E-state index contributed by atoms with van der Waals surface area (Å²) in [4.78, 5) is 12.1. The van der Waals surface area contributed by atoms with Gasteiger partial charge in [-0.05, 0) is 25.1 Å². The van der Waals surface area contributed by atoms with E-state index in [-0.39, 0.29) is 12.3 Å². The highest BCUT2D eigenvalue weighted by Gasteiger charge is 2.10. The molecule has 0 bridgehead atoms. The van der Waals surface area contributed by atoms with Crippen LogP contribution in [0.2, 0.25) is 0 Å². The topological polar surface area (TPSA) is 124 Å². The largest absolute Gasteiger partial charge is 0.381 e. The number of nitrogens with two attached hydrogens (primary N) is 1. The molecule has 24 heavy (non-hydrogen) atoms. The van der Waals surface area contributed by atoms with E-state index < -0.39 is 0 Å². The average molecular weight is 329 g/mol. The molecule has 3 rings (SSSR count). The quantitative estimate of drug-likeness (QED) is 0.526. The third-order valence-electron chi connectivity index (χ3n) is 3.50. The molecule has 4 N–H and O–H groups in total. The van der Waals surface area contributed by atoms with Crippen molar-refractivity contribution in [3.05, 3.63) is 31.0 Å². The second-order valence-electron chi connectivity index (χ2n) is 5.25. The Hall–Kier alpha value is -2.78. The molecule has 0 atom stereocenters. The fourth-order valence-electron chi connectivity index (χ4n) is 2.29. The lowest BCUT2D eigenvalue weighted by atomic mass is 10.2. The Labute approximate surface area is 138 Å². The van der Waals surface area contributed by atoms with Crippen LogP contribution in [0.1, 0.15) is 12.8 Å². The van der Waals surface area contributed by atoms with E-state index >= 15 is 0 Å². The predicted molar refractivity (Wildman–Crippen MR) is 88.7 cm³/mol. The molecule has 126 valence electrons. The molecule has 0 unspecified atom stereocenters. The molecule has 1 amide bonds. The SMILES string of the molecule is NCCCOCCC(=O)Nc1cc(-n2cnnc2)cc2[nH]ncc12. The number of carbonyl (C=O) groups is 1. The first-order valence-corrected chi connectivity index (χ1v) is 7.67. The van der Waals surface area contributed by atoms with Crippen LogP contribution in [0.4, 0.5) is 5.69 Å². The Bertz CT molecular complexity index is 797. The van der Waals surface area contributed by atoms with Crippen LogP contribution in [-0.2, 0) is 9.53 Å². The number of fused-ring (bicyclic) bond motifs is 1. The van der Waals surface area contributed by atoms with Gasteiger partial charge in [0.25, 0.3) is 0 Å². The van der Waals surface area contributed by atoms with E-state index in [0.717, 1.165) is 23.0 Å². The van der Waals surface area contributed by atoms with E-state index in [4.69, 9.17) is 10.5 Å². The minimum absolute atomic E-state index is 0.119. The maximum absolute atomic E-state index is 12.1. The van der Waals surface area contributed by atoms with Crippen LogP contribution in [-0.4, -0.2) is 50.6 Å². The molecule has 0 aliphatic heterocycles. The number of nitrogens with zero attached hydrogens (tertiary/aromatic N) is 4. The van der Waals surface area contributed by atoms with Gasteiger partial charge in [-0.3, -0.25) is 14.5 Å². The van der Waals surface area contributed by atoms with E-state index in [2.05, 4.69) is 25.7 Å². The molecule has 1 aromatic carbocycles. The highest BCUT2D eigenvalue weighted by Crippen LogP contribution is 2.25. The predicted octanol–water partition coefficient (Wildman–Crippen LogP) is 0.838. The molecule has 2 heterocycles. The lowest BCUT2D eigenvalue weighted by Crippen LogP contribution is -2.15. The van der Waals surface area contributed by atoms with Crippen molar-refractivity contribution >= 4 is 22.5 Å². The summed E-state index contributed by atoms with van der Waals surface area (Å²) in [6.45, 7) is 1.52. The molecule has 0 radical (unpaired) electrons. The summed E-state index contributed by atoms with van der Waals surface area (Å²) in [5.74, 6) is -0.119. The number of benzene rings is 1. The van der Waals surface area contributed by atoms with Gasteiger partial charge in [0.1, 0.15) is 12.7 Å². The molecule has 0 aliphatic rings. The summed E-state index contributed by atoms with van der Waals surface area (Å²) in [5, 5.41) is 18.3. The van der Waals surface area contributed by atoms with Crippen molar-refractivity contribution in [2.75, 3.05) is 25.1 Å². The normalized spacial score (nSPS) is 11.0. The van der Waals surface area contributed by atoms with Crippen LogP contribution < -0.4 is 11.1 Å². The standard InChI is InChI=1S/C15H19N7O2/c16-3-1-4-24-5-2-15(23)20-13-6-11(22-9-18-19-10-22)7-14-12(13)8-17-21-14/h6-10H,1-5,16H2,(H,17,21)(H,20,23). The van der Waals surface area contributed by atoms with Gasteiger partial charge in [-0.2, -0.15) is 5.10 Å². The molecule has 2 aromatic heterocycles. The van der Waals surface area contributed by atoms with Gasteiger partial charge in [0, 0.05) is 12.0 Å². The van der Waals surface area contributed by atoms with Crippen LogP contribution in [0.5, 0.6) is 0 Å². The van der Waals surface area contributed by atoms with Crippen molar-refractivity contribution < 1.29 is 9.53 Å². The second-order valence-corrected chi connectivity index (χ2v) is 5.25. The fourth-order valence-corrected chi connectivity index (χ4v) is 2.29. The minimum Gasteiger partial charge on any atom is -0.381 e. The number of hydrogen-bond acceptors (Lipinski definition) is 6. The van der Waals surface area contributed by atoms with Gasteiger partial charge in [-0.15, -0.1) is 10.2 Å². The van der Waals surface area contributed by atoms with Crippen LogP contribution in [0.15, 0.2) is 31.0 Å². The van der Waals surface area contributed by atoms with E-state index in [9.17, 15) is 4.79 Å². The molecule has 9 heteroatoms. The van der Waals surface area contributed by atoms with Gasteiger partial charge in [0.05, 0.1) is 36.1 Å². The van der Waals surface area contributed by atoms with E-state index in [1.165, 1.54) is 0 Å². The number of anilines is 1. The number of H-pyrrole nitrogens is 1. The zero-order valence-electron chi connectivity index (χ0n) is 13.1. The number of amides is 1. The fraction of sp³-hybridized carbons (Fsp3) is 0.333. The summed E-state index contributed by atoms with van der Waals surface area (Å²) in [6, 6.07) is 3.77. The zero-order chi connectivity index (χ0) is 16.8. The summed E-state index contributed by atoms with van der Waals surface area (Å²) in [6.07, 6.45) is 5.93. The zero-order valence-corrected chi connectivity index (χ0v) is 13.1. The van der Waals surface area contributed by atoms with Gasteiger partial charge < -0.3 is 15.8 Å². The first-order valence-electron chi connectivity index (χ1n) is 7.67. The van der Waals surface area contributed by atoms with Gasteiger partial charge >= 0.3 is 0 Å². The molecule has 0 aliphatic carbocycles. The van der Waals surface area contributed by atoms with Crippen molar-refractivity contribution in [2.24, 2.45) is 5.73 Å². The summed E-state index contributed by atoms with van der Waals surface area (Å²) < 4.78 is 7.11. The lowest BCUT2D eigenvalue weighted by Gasteiger charge is -2.10. The molecule has 3 aromatic rings. The first kappa shape index (κ1) is 16.1. The van der Waals surface area contributed by atoms with E-state index in [1.54, 1.807) is 23.4 Å². The Morgan fingerprint density at radius 3 is 2.92 bits per heavy atom. The lowest BCUT2D eigenvalue weighted by molar-refractivity contribution is -0.117. The van der Waals surface area contributed by atoms with E-state index in [0.29, 0.717) is 25.4 Å². The van der Waals surface area contributed by atoms with Crippen LogP contribution in [0.25, 0.3) is 16.6 Å². The van der Waals surface area contributed by atoms with Crippen molar-refractivity contribution in [2.45, 2.75) is 12.8 Å². The molecule has 0 fully saturated rings. The molecular weight excluding hydrogens is 310 g/mol. The Kier molecular flexibility index (Phi) is 5.14. The minimum atomic E-state index is -0.119. The molecule has 9 nitrogen and oxygen atoms in total. The van der Waals surface area contributed by atoms with Crippen molar-refractivity contribution in [1.82, 2.24) is 25.0 Å². The average Bonchev–Trinajstić information content (AvgIpc) is 3.26. The summed E-state index contributed by atoms with van der Waals surface area (Å²) >= 11 is 0. The van der Waals surface area contributed by atoms with Gasteiger partial charge in [0.2, 0.25) is 5.91 Å². The smallest absolute Gasteiger partial charge is 0.226 e. The summed E-state index contributed by atoms with van der Waals surface area (Å²) in [5.41, 5.74) is 7.71. The van der Waals surface area contributed by atoms with E-state index in [1.807, 2.05) is 12.1 Å². The molecule has 0 spiro atoms. The van der Waals surface area contributed by atoms with Gasteiger partial charge in [0.15, 0.2) is 0 Å². The maximum atomic E-state index is 12.1. The second kappa shape index (κ2) is 7.66. The van der Waals surface area contributed by atoms with Crippen molar-refractivity contribution in [1.29, 1.82) is 0 Å². The summed E-state index contributed by atoms with van der Waals surface area (Å²) in [7, 11) is 0. The number of ether oxygens (including phenoxy) is 1. The highest BCUT2D eigenvalue weighted by atomic mass is 16.5. The number of rotatable bonds is 8. The molecule has 0 saturated heterocycles. The third-order valence-corrected chi connectivity index (χ3v) is 3.50. The van der Waals surface area contributed by atoms with Crippen LogP contribution >= 0.6 is 0 Å². The Morgan fingerprint density at radius 1 is 1.29 bits per heavy atom. The van der Waals surface area contributed by atoms with Crippen molar-refractivity contribution in [3.8, 4) is 5.69 Å². The first-order chi connectivity index (χ1) is 11.8.